The van der Waals surface area contributed by atoms with Gasteiger partial charge in [0.1, 0.15) is 0 Å². The van der Waals surface area contributed by atoms with Crippen LogP contribution in [0.3, 0.4) is 0 Å². The molecule has 2 nitrogen and oxygen atoms in total. The Morgan fingerprint density at radius 3 is 0.653 bits per heavy atom. The van der Waals surface area contributed by atoms with Crippen LogP contribution >= 0.6 is 0 Å². The Morgan fingerprint density at radius 1 is 0.250 bits per heavy atom. The summed E-state index contributed by atoms with van der Waals surface area (Å²) in [5, 5.41) is 0. The molecule has 0 spiro atoms. The second-order valence-electron chi connectivity index (χ2n) is 17.5. The minimum atomic E-state index is 1.13. The summed E-state index contributed by atoms with van der Waals surface area (Å²) in [6.07, 6.45) is 10.1. The number of anilines is 6. The van der Waals surface area contributed by atoms with E-state index in [4.69, 9.17) is 0 Å². The maximum atomic E-state index is 2.28. The van der Waals surface area contributed by atoms with Gasteiger partial charge in [-0.15, -0.1) is 0 Å². The Bertz CT molecular complexity index is 2740. The zero-order valence-electron chi connectivity index (χ0n) is 41.6. The first kappa shape index (κ1) is 49.7. The molecule has 354 valence electrons. The van der Waals surface area contributed by atoms with Crippen molar-refractivity contribution in [3.63, 3.8) is 0 Å². The van der Waals surface area contributed by atoms with Gasteiger partial charge < -0.3 is 9.80 Å². The number of rotatable bonds is 15. The van der Waals surface area contributed by atoms with Crippen LogP contribution in [0.15, 0.2) is 291 Å². The van der Waals surface area contributed by atoms with Crippen molar-refractivity contribution in [2.24, 2.45) is 0 Å². The van der Waals surface area contributed by atoms with Gasteiger partial charge in [-0.05, 0) is 129 Å². The summed E-state index contributed by atoms with van der Waals surface area (Å²) in [4.78, 5) is 4.56. The monoisotopic (exact) mass is 933 g/mol. The lowest BCUT2D eigenvalue weighted by Crippen LogP contribution is -2.09. The zero-order chi connectivity index (χ0) is 49.4. The average Bonchev–Trinajstić information content (AvgIpc) is 3.46. The minimum Gasteiger partial charge on any atom is -0.311 e. The number of benzene rings is 10. The Balaban J connectivity index is 0.000000173. The van der Waals surface area contributed by atoms with E-state index in [2.05, 4.69) is 327 Å². The van der Waals surface area contributed by atoms with Crippen LogP contribution in [0.1, 0.15) is 72.9 Å². The normalized spacial score (nSPS) is 10.3. The summed E-state index contributed by atoms with van der Waals surface area (Å²) < 4.78 is 0. The van der Waals surface area contributed by atoms with E-state index >= 15 is 0 Å². The molecule has 0 fully saturated rings. The SMILES string of the molecule is C(=C(c1ccccc1)c1ccccc1)c1ccc(N(c2ccccc2)c2ccccc2)cc1.C(=C(c1ccccc1)c1ccccc1)c1ccc(N(c2ccccc2)c2ccccc2)cc1.CCCCCC. The first-order valence-electron chi connectivity index (χ1n) is 25.3. The quantitative estimate of drug-likeness (QED) is 0.0747. The Morgan fingerprint density at radius 2 is 0.444 bits per heavy atom. The molecule has 0 atom stereocenters. The van der Waals surface area contributed by atoms with Crippen LogP contribution in [0.25, 0.3) is 23.3 Å². The Hall–Kier alpha value is -8.72. The summed E-state index contributed by atoms with van der Waals surface area (Å²) in [6, 6.07) is 102. The first-order valence-corrected chi connectivity index (χ1v) is 25.3. The largest absolute Gasteiger partial charge is 0.311 e. The van der Waals surface area contributed by atoms with Gasteiger partial charge in [0, 0.05) is 34.1 Å². The summed E-state index contributed by atoms with van der Waals surface area (Å²) in [7, 11) is 0. The summed E-state index contributed by atoms with van der Waals surface area (Å²) in [5.74, 6) is 0. The van der Waals surface area contributed by atoms with E-state index in [1.165, 1.54) is 70.2 Å². The summed E-state index contributed by atoms with van der Waals surface area (Å²) >= 11 is 0. The first-order chi connectivity index (χ1) is 35.7. The molecule has 10 aromatic rings. The minimum absolute atomic E-state index is 1.13. The van der Waals surface area contributed by atoms with E-state index in [1.54, 1.807) is 0 Å². The van der Waals surface area contributed by atoms with Gasteiger partial charge in [0.2, 0.25) is 0 Å². The zero-order valence-corrected chi connectivity index (χ0v) is 41.6. The van der Waals surface area contributed by atoms with Gasteiger partial charge in [0.15, 0.2) is 0 Å². The third-order valence-corrected chi connectivity index (χ3v) is 12.3. The lowest BCUT2D eigenvalue weighted by atomic mass is 9.95. The average molecular weight is 933 g/mol. The van der Waals surface area contributed by atoms with Crippen LogP contribution in [-0.4, -0.2) is 0 Å². The van der Waals surface area contributed by atoms with Crippen molar-refractivity contribution < 1.29 is 0 Å². The molecule has 10 aromatic carbocycles. The van der Waals surface area contributed by atoms with Crippen LogP contribution in [-0.2, 0) is 0 Å². The van der Waals surface area contributed by atoms with E-state index in [9.17, 15) is 0 Å². The van der Waals surface area contributed by atoms with Crippen molar-refractivity contribution in [1.82, 2.24) is 0 Å². The smallest absolute Gasteiger partial charge is 0.0462 e. The topological polar surface area (TPSA) is 6.48 Å². The molecule has 72 heavy (non-hydrogen) atoms. The molecule has 0 radical (unpaired) electrons. The van der Waals surface area contributed by atoms with E-state index in [0.717, 1.165) is 34.1 Å². The van der Waals surface area contributed by atoms with Crippen LogP contribution in [0.2, 0.25) is 0 Å². The number of nitrogens with zero attached hydrogens (tertiary/aromatic N) is 2. The van der Waals surface area contributed by atoms with Gasteiger partial charge in [0.25, 0.3) is 0 Å². The molecule has 0 aromatic heterocycles. The Kier molecular flexibility index (Phi) is 18.6. The highest BCUT2D eigenvalue weighted by molar-refractivity contribution is 5.93. The molecule has 0 saturated heterocycles. The maximum Gasteiger partial charge on any atom is 0.0462 e. The lowest BCUT2D eigenvalue weighted by Gasteiger charge is -2.25. The van der Waals surface area contributed by atoms with Gasteiger partial charge in [-0.1, -0.05) is 258 Å². The van der Waals surface area contributed by atoms with E-state index in [-0.39, 0.29) is 0 Å². The van der Waals surface area contributed by atoms with Crippen LogP contribution in [0, 0.1) is 0 Å². The molecule has 0 aliphatic heterocycles. The molecule has 0 amide bonds. The third kappa shape index (κ3) is 14.0. The predicted molar refractivity (Wildman–Crippen MR) is 312 cm³/mol. The highest BCUT2D eigenvalue weighted by Gasteiger charge is 2.14. The fraction of sp³-hybridized carbons (Fsp3) is 0.0857. The molecule has 0 aliphatic rings. The van der Waals surface area contributed by atoms with Crippen molar-refractivity contribution in [2.75, 3.05) is 9.80 Å². The molecule has 0 bridgehead atoms. The van der Waals surface area contributed by atoms with Gasteiger partial charge in [-0.25, -0.2) is 0 Å². The van der Waals surface area contributed by atoms with Crippen molar-refractivity contribution in [3.05, 3.63) is 325 Å². The van der Waals surface area contributed by atoms with Crippen LogP contribution in [0.5, 0.6) is 0 Å². The van der Waals surface area contributed by atoms with Gasteiger partial charge in [0.05, 0.1) is 0 Å². The van der Waals surface area contributed by atoms with Crippen molar-refractivity contribution >= 4 is 57.4 Å². The number of hydrogen-bond donors (Lipinski definition) is 0. The molecule has 0 aliphatic carbocycles. The van der Waals surface area contributed by atoms with E-state index in [0.29, 0.717) is 0 Å². The second kappa shape index (κ2) is 26.9. The molecule has 0 unspecified atom stereocenters. The third-order valence-electron chi connectivity index (χ3n) is 12.3. The number of para-hydroxylation sites is 4. The molecule has 0 saturated carbocycles. The van der Waals surface area contributed by atoms with E-state index in [1.807, 2.05) is 0 Å². The van der Waals surface area contributed by atoms with Gasteiger partial charge >= 0.3 is 0 Å². The number of unbranched alkanes of at least 4 members (excludes halogenated alkanes) is 3. The second-order valence-corrected chi connectivity index (χ2v) is 17.5. The van der Waals surface area contributed by atoms with Crippen LogP contribution in [0.4, 0.5) is 34.1 Å². The predicted octanol–water partition coefficient (Wildman–Crippen LogP) is 20.1. The molecular formula is C70H64N2. The van der Waals surface area contributed by atoms with E-state index < -0.39 is 0 Å². The fourth-order valence-electron chi connectivity index (χ4n) is 8.61. The maximum absolute atomic E-state index is 2.28. The van der Waals surface area contributed by atoms with Crippen molar-refractivity contribution in [3.8, 4) is 0 Å². The Labute approximate surface area is 429 Å². The van der Waals surface area contributed by atoms with Crippen molar-refractivity contribution in [2.45, 2.75) is 39.5 Å². The molecular weight excluding hydrogens is 869 g/mol. The standard InChI is InChI=1S/2C32H25N.C6H14/c2*1-5-13-27(14-6-1)32(28-15-7-2-8-16-28)25-26-21-23-31(24-22-26)33(29-17-9-3-10-18-29)30-19-11-4-12-20-30;1-3-5-6-4-2/h2*1-25H;3-6H2,1-2H3. The molecule has 0 N–H and O–H groups in total. The van der Waals surface area contributed by atoms with Gasteiger partial charge in [-0.3, -0.25) is 0 Å². The van der Waals surface area contributed by atoms with Gasteiger partial charge in [-0.2, -0.15) is 0 Å². The molecule has 2 heteroatoms. The molecule has 0 heterocycles. The molecule has 10 rings (SSSR count). The van der Waals surface area contributed by atoms with Crippen LogP contribution < -0.4 is 9.80 Å². The summed E-state index contributed by atoms with van der Waals surface area (Å²) in [5.41, 5.74) is 16.4. The summed E-state index contributed by atoms with van der Waals surface area (Å²) in [6.45, 7) is 4.46. The highest BCUT2D eigenvalue weighted by atomic mass is 15.1. The highest BCUT2D eigenvalue weighted by Crippen LogP contribution is 2.37. The van der Waals surface area contributed by atoms with Crippen molar-refractivity contribution in [1.29, 1.82) is 0 Å². The fourth-order valence-corrected chi connectivity index (χ4v) is 8.61. The lowest BCUT2D eigenvalue weighted by molar-refractivity contribution is 0.702. The number of hydrogen-bond acceptors (Lipinski definition) is 2.